The first-order valence-corrected chi connectivity index (χ1v) is 8.80. The van der Waals surface area contributed by atoms with Crippen molar-refractivity contribution in [2.75, 3.05) is 19.6 Å². The molecule has 0 spiro atoms. The normalized spacial score (nSPS) is 23.0. The van der Waals surface area contributed by atoms with Crippen LogP contribution >= 0.6 is 24.8 Å². The Hall–Kier alpha value is -0.950. The molecule has 0 aliphatic carbocycles. The molecule has 4 nitrogen and oxygen atoms in total. The molecule has 0 saturated carbocycles. The maximum atomic E-state index is 13.8. The van der Waals surface area contributed by atoms with Gasteiger partial charge in [0.05, 0.1) is 0 Å². The van der Waals surface area contributed by atoms with E-state index in [0.717, 1.165) is 38.8 Å². The summed E-state index contributed by atoms with van der Waals surface area (Å²) in [6, 6.07) is 4.30. The fourth-order valence-electron chi connectivity index (χ4n) is 3.67. The highest BCUT2D eigenvalue weighted by molar-refractivity contribution is 5.85. The zero-order chi connectivity index (χ0) is 16.9. The quantitative estimate of drug-likeness (QED) is 0.785. The van der Waals surface area contributed by atoms with Crippen LogP contribution in [0.1, 0.15) is 37.7 Å². The molecule has 2 heterocycles. The molecule has 2 fully saturated rings. The second kappa shape index (κ2) is 11.0. The predicted octanol–water partition coefficient (Wildman–Crippen LogP) is 3.03. The molecule has 1 aromatic carbocycles. The number of halogens is 4. The summed E-state index contributed by atoms with van der Waals surface area (Å²) in [7, 11) is 0. The molecule has 0 aromatic heterocycles. The van der Waals surface area contributed by atoms with Gasteiger partial charge in [0, 0.05) is 37.2 Å². The second-order valence-electron chi connectivity index (χ2n) is 6.84. The number of hydrogen-bond acceptors (Lipinski definition) is 3. The highest BCUT2D eigenvalue weighted by atomic mass is 35.5. The molecule has 1 amide bonds. The van der Waals surface area contributed by atoms with Gasteiger partial charge in [0.15, 0.2) is 0 Å². The highest BCUT2D eigenvalue weighted by Gasteiger charge is 2.24. The first-order chi connectivity index (χ1) is 11.6. The van der Waals surface area contributed by atoms with Gasteiger partial charge >= 0.3 is 0 Å². The maximum absolute atomic E-state index is 13.8. The van der Waals surface area contributed by atoms with Crippen molar-refractivity contribution in [3.63, 3.8) is 0 Å². The summed E-state index contributed by atoms with van der Waals surface area (Å²) in [4.78, 5) is 14.2. The SMILES string of the molecule is Cl.Cl.O=C(CC1CCCN1)NC1CCCN(Cc2c(F)cccc2F)C1. The van der Waals surface area contributed by atoms with E-state index in [2.05, 4.69) is 10.6 Å². The van der Waals surface area contributed by atoms with E-state index in [-0.39, 0.29) is 54.9 Å². The monoisotopic (exact) mass is 409 g/mol. The van der Waals surface area contributed by atoms with E-state index < -0.39 is 11.6 Å². The summed E-state index contributed by atoms with van der Waals surface area (Å²) >= 11 is 0. The number of likely N-dealkylation sites (tertiary alicyclic amines) is 1. The van der Waals surface area contributed by atoms with Gasteiger partial charge in [-0.05, 0) is 50.9 Å². The minimum absolute atomic E-state index is 0. The molecule has 2 atom stereocenters. The van der Waals surface area contributed by atoms with Gasteiger partial charge in [0.1, 0.15) is 11.6 Å². The van der Waals surface area contributed by atoms with Crippen molar-refractivity contribution in [2.45, 2.75) is 50.7 Å². The number of hydrogen-bond donors (Lipinski definition) is 2. The number of benzene rings is 1. The first-order valence-electron chi connectivity index (χ1n) is 8.80. The van der Waals surface area contributed by atoms with Crippen molar-refractivity contribution >= 4 is 30.7 Å². The third kappa shape index (κ3) is 6.34. The van der Waals surface area contributed by atoms with Crippen LogP contribution in [-0.4, -0.2) is 42.5 Å². The number of amides is 1. The van der Waals surface area contributed by atoms with Crippen LogP contribution < -0.4 is 10.6 Å². The van der Waals surface area contributed by atoms with E-state index in [0.29, 0.717) is 13.0 Å². The fourth-order valence-corrected chi connectivity index (χ4v) is 3.67. The summed E-state index contributed by atoms with van der Waals surface area (Å²) in [5, 5.41) is 6.41. The van der Waals surface area contributed by atoms with Crippen LogP contribution in [0, 0.1) is 11.6 Å². The van der Waals surface area contributed by atoms with Gasteiger partial charge in [0.2, 0.25) is 5.91 Å². The van der Waals surface area contributed by atoms with E-state index in [9.17, 15) is 13.6 Å². The number of rotatable bonds is 5. The Morgan fingerprint density at radius 1 is 1.19 bits per heavy atom. The van der Waals surface area contributed by atoms with Crippen LogP contribution in [0.25, 0.3) is 0 Å². The average Bonchev–Trinajstić information content (AvgIpc) is 3.04. The minimum Gasteiger partial charge on any atom is -0.352 e. The molecule has 0 bridgehead atoms. The Morgan fingerprint density at radius 2 is 1.92 bits per heavy atom. The summed E-state index contributed by atoms with van der Waals surface area (Å²) in [5.41, 5.74) is 0.111. The standard InChI is InChI=1S/C18H25F2N3O.2ClH/c19-16-6-1-7-17(20)15(16)12-23-9-3-5-14(11-23)22-18(24)10-13-4-2-8-21-13;;/h1,6-7,13-14,21H,2-5,8-12H2,(H,22,24);2*1H. The molecule has 26 heavy (non-hydrogen) atoms. The summed E-state index contributed by atoms with van der Waals surface area (Å²) in [6.45, 7) is 2.67. The van der Waals surface area contributed by atoms with E-state index in [1.807, 2.05) is 4.90 Å². The van der Waals surface area contributed by atoms with Crippen LogP contribution in [0.2, 0.25) is 0 Å². The minimum atomic E-state index is -0.506. The molecule has 2 saturated heterocycles. The number of carbonyl (C=O) groups is 1. The Kier molecular flexibility index (Phi) is 9.79. The zero-order valence-electron chi connectivity index (χ0n) is 14.7. The van der Waals surface area contributed by atoms with E-state index in [1.165, 1.54) is 18.2 Å². The maximum Gasteiger partial charge on any atom is 0.221 e. The van der Waals surface area contributed by atoms with Crippen LogP contribution in [0.4, 0.5) is 8.78 Å². The van der Waals surface area contributed by atoms with Crippen LogP contribution in [0.5, 0.6) is 0 Å². The molecule has 148 valence electrons. The van der Waals surface area contributed by atoms with Crippen molar-refractivity contribution in [3.05, 3.63) is 35.4 Å². The lowest BCUT2D eigenvalue weighted by molar-refractivity contribution is -0.122. The van der Waals surface area contributed by atoms with Gasteiger partial charge < -0.3 is 10.6 Å². The van der Waals surface area contributed by atoms with Gasteiger partial charge in [-0.15, -0.1) is 24.8 Å². The van der Waals surface area contributed by atoms with Crippen molar-refractivity contribution in [1.29, 1.82) is 0 Å². The van der Waals surface area contributed by atoms with Crippen molar-refractivity contribution < 1.29 is 13.6 Å². The van der Waals surface area contributed by atoms with Crippen molar-refractivity contribution in [1.82, 2.24) is 15.5 Å². The number of nitrogens with one attached hydrogen (secondary N) is 2. The predicted molar refractivity (Wildman–Crippen MR) is 103 cm³/mol. The molecule has 0 radical (unpaired) electrons. The molecule has 3 rings (SSSR count). The van der Waals surface area contributed by atoms with E-state index in [4.69, 9.17) is 0 Å². The fraction of sp³-hybridized carbons (Fsp3) is 0.611. The lowest BCUT2D eigenvalue weighted by Gasteiger charge is -2.33. The third-order valence-corrected chi connectivity index (χ3v) is 4.91. The lowest BCUT2D eigenvalue weighted by atomic mass is 10.0. The average molecular weight is 410 g/mol. The smallest absolute Gasteiger partial charge is 0.221 e. The van der Waals surface area contributed by atoms with Gasteiger partial charge in [-0.3, -0.25) is 9.69 Å². The molecule has 2 N–H and O–H groups in total. The molecule has 2 aliphatic rings. The molecular weight excluding hydrogens is 383 g/mol. The molecular formula is C18H27Cl2F2N3O. The Balaban J connectivity index is 0.00000169. The van der Waals surface area contributed by atoms with Gasteiger partial charge in [-0.2, -0.15) is 0 Å². The Bertz CT molecular complexity index is 565. The third-order valence-electron chi connectivity index (χ3n) is 4.91. The van der Waals surface area contributed by atoms with Gasteiger partial charge in [-0.1, -0.05) is 6.07 Å². The highest BCUT2D eigenvalue weighted by Crippen LogP contribution is 2.18. The Morgan fingerprint density at radius 3 is 2.58 bits per heavy atom. The van der Waals surface area contributed by atoms with Crippen LogP contribution in [-0.2, 0) is 11.3 Å². The van der Waals surface area contributed by atoms with E-state index >= 15 is 0 Å². The van der Waals surface area contributed by atoms with E-state index in [1.54, 1.807) is 0 Å². The topological polar surface area (TPSA) is 44.4 Å². The lowest BCUT2D eigenvalue weighted by Crippen LogP contribution is -2.48. The number of nitrogens with zero attached hydrogens (tertiary/aromatic N) is 1. The summed E-state index contributed by atoms with van der Waals surface area (Å²) in [5.74, 6) is -0.944. The summed E-state index contributed by atoms with van der Waals surface area (Å²) < 4.78 is 27.6. The number of piperidine rings is 1. The summed E-state index contributed by atoms with van der Waals surface area (Å²) in [6.07, 6.45) is 4.53. The number of carbonyl (C=O) groups excluding carboxylic acids is 1. The molecule has 1 aromatic rings. The largest absolute Gasteiger partial charge is 0.352 e. The van der Waals surface area contributed by atoms with Crippen LogP contribution in [0.3, 0.4) is 0 Å². The van der Waals surface area contributed by atoms with Crippen molar-refractivity contribution in [3.8, 4) is 0 Å². The zero-order valence-corrected chi connectivity index (χ0v) is 16.3. The van der Waals surface area contributed by atoms with Crippen LogP contribution in [0.15, 0.2) is 18.2 Å². The Labute approximate surface area is 165 Å². The van der Waals surface area contributed by atoms with Crippen molar-refractivity contribution in [2.24, 2.45) is 0 Å². The molecule has 8 heteroatoms. The molecule has 2 unspecified atom stereocenters. The first kappa shape index (κ1) is 23.1. The van der Waals surface area contributed by atoms with Gasteiger partial charge in [0.25, 0.3) is 0 Å². The molecule has 2 aliphatic heterocycles. The second-order valence-corrected chi connectivity index (χ2v) is 6.84. The van der Waals surface area contributed by atoms with Gasteiger partial charge in [-0.25, -0.2) is 8.78 Å².